The number of nitrogens with zero attached hydrogens (tertiary/aromatic N) is 5. The topological polar surface area (TPSA) is 140 Å². The fourth-order valence-corrected chi connectivity index (χ4v) is 5.32. The van der Waals surface area contributed by atoms with E-state index in [2.05, 4.69) is 9.88 Å². The normalized spacial score (nSPS) is 15.6. The van der Waals surface area contributed by atoms with Crippen LogP contribution in [0.2, 0.25) is 0 Å². The van der Waals surface area contributed by atoms with Crippen LogP contribution in [-0.2, 0) is 16.6 Å². The van der Waals surface area contributed by atoms with Crippen LogP contribution in [0.4, 0.5) is 11.4 Å². The van der Waals surface area contributed by atoms with Gasteiger partial charge in [0.05, 0.1) is 29.5 Å². The van der Waals surface area contributed by atoms with Crippen molar-refractivity contribution < 1.29 is 23.6 Å². The molecule has 2 aromatic rings. The number of sulfonamides is 1. The number of aliphatic hydroxyl groups excluding tert-OH is 2. The van der Waals surface area contributed by atoms with Crippen LogP contribution < -0.4 is 4.90 Å². The van der Waals surface area contributed by atoms with Crippen LogP contribution in [0.25, 0.3) is 0 Å². The molecule has 32 heavy (non-hydrogen) atoms. The fourth-order valence-electron chi connectivity index (χ4n) is 3.67. The predicted molar refractivity (Wildman–Crippen MR) is 118 cm³/mol. The Bertz CT molecular complexity index is 1010. The highest BCUT2D eigenvalue weighted by Gasteiger charge is 2.33. The summed E-state index contributed by atoms with van der Waals surface area (Å²) < 4.78 is 28.3. The van der Waals surface area contributed by atoms with Crippen molar-refractivity contribution in [2.45, 2.75) is 11.4 Å². The van der Waals surface area contributed by atoms with Gasteiger partial charge in [-0.25, -0.2) is 8.42 Å². The SMILES string of the molecule is O=[N+]([O-])c1ccc(N(CCO)CCO)c(S(=O)(=O)N2CCN(Cc3ccccn3)CC2)c1. The molecule has 11 nitrogen and oxygen atoms in total. The van der Waals surface area contributed by atoms with Gasteiger partial charge in [-0.1, -0.05) is 6.07 Å². The van der Waals surface area contributed by atoms with E-state index < -0.39 is 14.9 Å². The van der Waals surface area contributed by atoms with Crippen molar-refractivity contribution in [1.29, 1.82) is 0 Å². The molecule has 1 fully saturated rings. The number of rotatable bonds is 10. The van der Waals surface area contributed by atoms with Crippen LogP contribution in [0, 0.1) is 10.1 Å². The van der Waals surface area contributed by atoms with E-state index in [1.54, 1.807) is 6.20 Å². The van der Waals surface area contributed by atoms with Crippen LogP contribution >= 0.6 is 0 Å². The Balaban J connectivity index is 1.85. The summed E-state index contributed by atoms with van der Waals surface area (Å²) >= 11 is 0. The maximum absolute atomic E-state index is 13.5. The fraction of sp³-hybridized carbons (Fsp3) is 0.450. The molecule has 1 aromatic carbocycles. The Hall–Kier alpha value is -2.64. The molecule has 0 saturated carbocycles. The number of anilines is 1. The van der Waals surface area contributed by atoms with Crippen molar-refractivity contribution >= 4 is 21.4 Å². The lowest BCUT2D eigenvalue weighted by atomic mass is 10.2. The third kappa shape index (κ3) is 5.58. The quantitative estimate of drug-likeness (QED) is 0.374. The molecule has 0 aliphatic carbocycles. The molecule has 0 atom stereocenters. The maximum atomic E-state index is 13.5. The maximum Gasteiger partial charge on any atom is 0.270 e. The first-order valence-electron chi connectivity index (χ1n) is 10.2. The average molecular weight is 466 g/mol. The summed E-state index contributed by atoms with van der Waals surface area (Å²) in [5, 5.41) is 30.0. The average Bonchev–Trinajstić information content (AvgIpc) is 2.79. The number of hydrogen-bond donors (Lipinski definition) is 2. The van der Waals surface area contributed by atoms with Crippen molar-refractivity contribution in [1.82, 2.24) is 14.2 Å². The molecule has 0 bridgehead atoms. The Kier molecular flexibility index (Phi) is 8.10. The second-order valence-corrected chi connectivity index (χ2v) is 9.25. The Morgan fingerprint density at radius 1 is 1.06 bits per heavy atom. The summed E-state index contributed by atoms with van der Waals surface area (Å²) in [6.45, 7) is 1.71. The molecule has 3 rings (SSSR count). The number of aliphatic hydroxyl groups is 2. The second kappa shape index (κ2) is 10.8. The van der Waals surface area contributed by atoms with Gasteiger partial charge in [-0.3, -0.25) is 20.0 Å². The molecule has 0 radical (unpaired) electrons. The van der Waals surface area contributed by atoms with Gasteiger partial charge in [0, 0.05) is 64.1 Å². The number of benzene rings is 1. The summed E-state index contributed by atoms with van der Waals surface area (Å²) in [5.74, 6) is 0. The summed E-state index contributed by atoms with van der Waals surface area (Å²) in [7, 11) is -4.04. The number of nitro benzene ring substituents is 1. The molecular weight excluding hydrogens is 438 g/mol. The molecule has 174 valence electrons. The van der Waals surface area contributed by atoms with Gasteiger partial charge in [0.15, 0.2) is 0 Å². The minimum Gasteiger partial charge on any atom is -0.395 e. The molecule has 12 heteroatoms. The van der Waals surface area contributed by atoms with E-state index in [1.165, 1.54) is 21.3 Å². The van der Waals surface area contributed by atoms with Crippen molar-refractivity contribution in [3.8, 4) is 0 Å². The van der Waals surface area contributed by atoms with Crippen LogP contribution in [0.15, 0.2) is 47.5 Å². The summed E-state index contributed by atoms with van der Waals surface area (Å²) in [4.78, 5) is 18.4. The molecular formula is C20H27N5O6S. The largest absolute Gasteiger partial charge is 0.395 e. The number of non-ortho nitro benzene ring substituents is 1. The highest BCUT2D eigenvalue weighted by atomic mass is 32.2. The number of hydrogen-bond acceptors (Lipinski definition) is 9. The van der Waals surface area contributed by atoms with E-state index in [0.29, 0.717) is 19.6 Å². The molecule has 0 spiro atoms. The summed E-state index contributed by atoms with van der Waals surface area (Å²) in [6, 6.07) is 9.27. The zero-order chi connectivity index (χ0) is 23.1. The van der Waals surface area contributed by atoms with Gasteiger partial charge in [0.1, 0.15) is 4.90 Å². The van der Waals surface area contributed by atoms with Crippen molar-refractivity contribution in [3.05, 3.63) is 58.4 Å². The smallest absolute Gasteiger partial charge is 0.270 e. The monoisotopic (exact) mass is 465 g/mol. The molecule has 0 unspecified atom stereocenters. The van der Waals surface area contributed by atoms with Crippen LogP contribution in [0.5, 0.6) is 0 Å². The molecule has 1 aliphatic heterocycles. The highest BCUT2D eigenvalue weighted by molar-refractivity contribution is 7.89. The van der Waals surface area contributed by atoms with Crippen molar-refractivity contribution in [3.63, 3.8) is 0 Å². The van der Waals surface area contributed by atoms with E-state index >= 15 is 0 Å². The lowest BCUT2D eigenvalue weighted by Gasteiger charge is -2.34. The number of pyridine rings is 1. The van der Waals surface area contributed by atoms with E-state index in [9.17, 15) is 28.7 Å². The van der Waals surface area contributed by atoms with Crippen molar-refractivity contribution in [2.75, 3.05) is 57.4 Å². The van der Waals surface area contributed by atoms with Crippen LogP contribution in [0.3, 0.4) is 0 Å². The van der Waals surface area contributed by atoms with Crippen molar-refractivity contribution in [2.24, 2.45) is 0 Å². The zero-order valence-electron chi connectivity index (χ0n) is 17.6. The summed E-state index contributed by atoms with van der Waals surface area (Å²) in [6.07, 6.45) is 1.71. The predicted octanol–water partition coefficient (Wildman–Crippen LogP) is 0.287. The Morgan fingerprint density at radius 2 is 1.75 bits per heavy atom. The van der Waals surface area contributed by atoms with Gasteiger partial charge in [-0.05, 0) is 18.2 Å². The Morgan fingerprint density at radius 3 is 2.31 bits per heavy atom. The van der Waals surface area contributed by atoms with E-state index in [0.717, 1.165) is 11.8 Å². The minimum absolute atomic E-state index is 0.0821. The van der Waals surface area contributed by atoms with Crippen LogP contribution in [0.1, 0.15) is 5.69 Å². The highest BCUT2D eigenvalue weighted by Crippen LogP contribution is 2.32. The van der Waals surface area contributed by atoms with Gasteiger partial charge < -0.3 is 15.1 Å². The molecule has 2 heterocycles. The van der Waals surface area contributed by atoms with Gasteiger partial charge in [-0.2, -0.15) is 4.31 Å². The number of nitro groups is 1. The van der Waals surface area contributed by atoms with E-state index in [1.807, 2.05) is 18.2 Å². The standard InChI is InChI=1S/C20H27N5O6S/c26-13-11-23(12-14-27)19-5-4-18(25(28)29)15-20(19)32(30,31)24-9-7-22(8-10-24)16-17-3-1-2-6-21-17/h1-6,15,26-27H,7-14,16H2. The minimum atomic E-state index is -4.04. The third-order valence-electron chi connectivity index (χ3n) is 5.30. The number of piperazine rings is 1. The van der Waals surface area contributed by atoms with E-state index in [-0.39, 0.29) is 55.7 Å². The summed E-state index contributed by atoms with van der Waals surface area (Å²) in [5.41, 5.74) is 0.775. The van der Waals surface area contributed by atoms with E-state index in [4.69, 9.17) is 0 Å². The van der Waals surface area contributed by atoms with Gasteiger partial charge in [-0.15, -0.1) is 0 Å². The first kappa shape index (κ1) is 24.0. The van der Waals surface area contributed by atoms with Crippen LogP contribution in [-0.4, -0.2) is 90.2 Å². The molecule has 1 aromatic heterocycles. The lowest BCUT2D eigenvalue weighted by Crippen LogP contribution is -2.48. The van der Waals surface area contributed by atoms with Gasteiger partial charge >= 0.3 is 0 Å². The third-order valence-corrected chi connectivity index (χ3v) is 7.22. The van der Waals surface area contributed by atoms with Gasteiger partial charge in [0.25, 0.3) is 5.69 Å². The Labute approximate surface area is 186 Å². The first-order chi connectivity index (χ1) is 15.4. The molecule has 0 amide bonds. The lowest BCUT2D eigenvalue weighted by molar-refractivity contribution is -0.385. The molecule has 1 aliphatic rings. The van der Waals surface area contributed by atoms with Gasteiger partial charge in [0.2, 0.25) is 10.0 Å². The second-order valence-electron chi connectivity index (χ2n) is 7.34. The number of aromatic nitrogens is 1. The molecule has 2 N–H and O–H groups in total. The zero-order valence-corrected chi connectivity index (χ0v) is 18.4. The molecule has 1 saturated heterocycles. The first-order valence-corrected chi connectivity index (χ1v) is 11.7.